The average Bonchev–Trinajstić information content (AvgIpc) is 2.63. The minimum Gasteiger partial charge on any atom is -0.356 e. The first-order chi connectivity index (χ1) is 12.5. The highest BCUT2D eigenvalue weighted by Gasteiger charge is 2.15. The molecule has 0 aliphatic rings. The van der Waals surface area contributed by atoms with Gasteiger partial charge in [-0.25, -0.2) is 0 Å². The van der Waals surface area contributed by atoms with Gasteiger partial charge in [-0.3, -0.25) is 9.59 Å². The number of nitrogens with one attached hydrogen (secondary N) is 1. The normalized spacial score (nSPS) is 10.4. The molecule has 2 aromatic carbocycles. The standard InChI is InChI=1S/C21H25ClN2O2/c1-3-18-6-4-5-7-20(18)24(16(2)25)15-13-21(26)23-14-12-17-8-10-19(22)11-9-17/h4-11H,3,12-15H2,1-2H3,(H,23,26). The van der Waals surface area contributed by atoms with Crippen molar-refractivity contribution in [1.29, 1.82) is 0 Å². The van der Waals surface area contributed by atoms with Gasteiger partial charge in [0.15, 0.2) is 0 Å². The Balaban J connectivity index is 1.85. The molecule has 0 saturated carbocycles. The number of benzene rings is 2. The van der Waals surface area contributed by atoms with E-state index in [2.05, 4.69) is 12.2 Å². The quantitative estimate of drug-likeness (QED) is 0.761. The summed E-state index contributed by atoms with van der Waals surface area (Å²) in [6.07, 6.45) is 1.86. The first-order valence-electron chi connectivity index (χ1n) is 8.88. The number of amides is 2. The smallest absolute Gasteiger partial charge is 0.223 e. The van der Waals surface area contributed by atoms with Gasteiger partial charge in [-0.2, -0.15) is 0 Å². The van der Waals surface area contributed by atoms with Gasteiger partial charge in [-0.1, -0.05) is 48.9 Å². The van der Waals surface area contributed by atoms with Crippen LogP contribution >= 0.6 is 11.6 Å². The van der Waals surface area contributed by atoms with E-state index in [0.717, 1.165) is 29.7 Å². The van der Waals surface area contributed by atoms with E-state index in [4.69, 9.17) is 11.6 Å². The molecule has 0 aromatic heterocycles. The highest BCUT2D eigenvalue weighted by atomic mass is 35.5. The van der Waals surface area contributed by atoms with Crippen LogP contribution in [0.25, 0.3) is 0 Å². The Morgan fingerprint density at radius 3 is 2.42 bits per heavy atom. The molecule has 5 heteroatoms. The number of rotatable bonds is 8. The number of halogens is 1. The van der Waals surface area contributed by atoms with Crippen LogP contribution in [-0.4, -0.2) is 24.9 Å². The number of aryl methyl sites for hydroxylation is 1. The Morgan fingerprint density at radius 1 is 1.08 bits per heavy atom. The minimum atomic E-state index is -0.0563. The molecule has 138 valence electrons. The Morgan fingerprint density at radius 2 is 1.77 bits per heavy atom. The number of nitrogens with zero attached hydrogens (tertiary/aromatic N) is 1. The summed E-state index contributed by atoms with van der Waals surface area (Å²) in [6, 6.07) is 15.4. The van der Waals surface area contributed by atoms with Crippen molar-refractivity contribution in [2.45, 2.75) is 33.1 Å². The number of hydrogen-bond acceptors (Lipinski definition) is 2. The number of para-hydroxylation sites is 1. The molecule has 2 amide bonds. The molecule has 0 aliphatic heterocycles. The van der Waals surface area contributed by atoms with Crippen molar-refractivity contribution in [3.63, 3.8) is 0 Å². The molecule has 0 fully saturated rings. The Labute approximate surface area is 160 Å². The van der Waals surface area contributed by atoms with Crippen molar-refractivity contribution in [2.75, 3.05) is 18.0 Å². The molecule has 0 heterocycles. The second kappa shape index (κ2) is 9.97. The fourth-order valence-electron chi connectivity index (χ4n) is 2.82. The molecule has 0 atom stereocenters. The van der Waals surface area contributed by atoms with Crippen molar-refractivity contribution < 1.29 is 9.59 Å². The van der Waals surface area contributed by atoms with Crippen LogP contribution in [0.5, 0.6) is 0 Å². The molecule has 0 spiro atoms. The SMILES string of the molecule is CCc1ccccc1N(CCC(=O)NCCc1ccc(Cl)cc1)C(C)=O. The van der Waals surface area contributed by atoms with Crippen molar-refractivity contribution in [2.24, 2.45) is 0 Å². The molecule has 0 radical (unpaired) electrons. The van der Waals surface area contributed by atoms with Crippen molar-refractivity contribution >= 4 is 29.1 Å². The largest absolute Gasteiger partial charge is 0.356 e. The fourth-order valence-corrected chi connectivity index (χ4v) is 2.95. The molecule has 0 bridgehead atoms. The number of carbonyl (C=O) groups excluding carboxylic acids is 2. The van der Waals surface area contributed by atoms with Crippen LogP contribution in [-0.2, 0) is 22.4 Å². The van der Waals surface area contributed by atoms with Crippen LogP contribution < -0.4 is 10.2 Å². The Bertz CT molecular complexity index is 744. The van der Waals surface area contributed by atoms with Crippen LogP contribution in [0, 0.1) is 0 Å². The van der Waals surface area contributed by atoms with Gasteiger partial charge in [0, 0.05) is 37.1 Å². The lowest BCUT2D eigenvalue weighted by atomic mass is 10.1. The van der Waals surface area contributed by atoms with Crippen molar-refractivity contribution in [3.05, 3.63) is 64.7 Å². The van der Waals surface area contributed by atoms with E-state index in [0.29, 0.717) is 18.1 Å². The van der Waals surface area contributed by atoms with Gasteiger partial charge in [-0.15, -0.1) is 0 Å². The predicted molar refractivity (Wildman–Crippen MR) is 107 cm³/mol. The maximum absolute atomic E-state index is 12.1. The monoisotopic (exact) mass is 372 g/mol. The molecule has 4 nitrogen and oxygen atoms in total. The first-order valence-corrected chi connectivity index (χ1v) is 9.26. The highest BCUT2D eigenvalue weighted by molar-refractivity contribution is 6.30. The number of hydrogen-bond donors (Lipinski definition) is 1. The van der Waals surface area contributed by atoms with E-state index in [1.165, 1.54) is 6.92 Å². The van der Waals surface area contributed by atoms with E-state index < -0.39 is 0 Å². The van der Waals surface area contributed by atoms with Gasteiger partial charge >= 0.3 is 0 Å². The average molecular weight is 373 g/mol. The van der Waals surface area contributed by atoms with E-state index in [9.17, 15) is 9.59 Å². The molecule has 2 aromatic rings. The summed E-state index contributed by atoms with van der Waals surface area (Å²) >= 11 is 5.86. The zero-order valence-corrected chi connectivity index (χ0v) is 16.1. The van der Waals surface area contributed by atoms with Crippen molar-refractivity contribution in [1.82, 2.24) is 5.32 Å². The third-order valence-electron chi connectivity index (χ3n) is 4.25. The summed E-state index contributed by atoms with van der Waals surface area (Å²) in [5, 5.41) is 3.61. The summed E-state index contributed by atoms with van der Waals surface area (Å²) in [6.45, 7) is 4.52. The maximum atomic E-state index is 12.1. The van der Waals surface area contributed by atoms with Gasteiger partial charge in [0.05, 0.1) is 0 Å². The predicted octanol–water partition coefficient (Wildman–Crippen LogP) is 4.00. The summed E-state index contributed by atoms with van der Waals surface area (Å²) < 4.78 is 0. The molecular weight excluding hydrogens is 348 g/mol. The summed E-state index contributed by atoms with van der Waals surface area (Å²) in [4.78, 5) is 25.8. The lowest BCUT2D eigenvalue weighted by molar-refractivity contribution is -0.121. The molecule has 0 saturated heterocycles. The first kappa shape index (κ1) is 20.0. The molecule has 0 aliphatic carbocycles. The highest BCUT2D eigenvalue weighted by Crippen LogP contribution is 2.21. The lowest BCUT2D eigenvalue weighted by Crippen LogP contribution is -2.35. The second-order valence-electron chi connectivity index (χ2n) is 6.13. The van der Waals surface area contributed by atoms with E-state index in [1.54, 1.807) is 4.90 Å². The van der Waals surface area contributed by atoms with Crippen LogP contribution in [0.2, 0.25) is 5.02 Å². The second-order valence-corrected chi connectivity index (χ2v) is 6.57. The summed E-state index contributed by atoms with van der Waals surface area (Å²) in [7, 11) is 0. The molecule has 1 N–H and O–H groups in total. The van der Waals surface area contributed by atoms with Crippen LogP contribution in [0.3, 0.4) is 0 Å². The van der Waals surface area contributed by atoms with E-state index in [-0.39, 0.29) is 18.2 Å². The topological polar surface area (TPSA) is 49.4 Å². The van der Waals surface area contributed by atoms with Crippen molar-refractivity contribution in [3.8, 4) is 0 Å². The summed E-state index contributed by atoms with van der Waals surface area (Å²) in [5.41, 5.74) is 3.11. The zero-order valence-electron chi connectivity index (χ0n) is 15.3. The lowest BCUT2D eigenvalue weighted by Gasteiger charge is -2.23. The zero-order chi connectivity index (χ0) is 18.9. The third kappa shape index (κ3) is 5.88. The minimum absolute atomic E-state index is 0.0557. The van der Waals surface area contributed by atoms with Gasteiger partial charge in [0.2, 0.25) is 11.8 Å². The molecule has 2 rings (SSSR count). The Hall–Kier alpha value is -2.33. The molecular formula is C21H25ClN2O2. The number of anilines is 1. The summed E-state index contributed by atoms with van der Waals surface area (Å²) in [5.74, 6) is -0.112. The molecule has 0 unspecified atom stereocenters. The van der Waals surface area contributed by atoms with Gasteiger partial charge in [0.1, 0.15) is 0 Å². The van der Waals surface area contributed by atoms with Gasteiger partial charge < -0.3 is 10.2 Å². The number of carbonyl (C=O) groups is 2. The van der Waals surface area contributed by atoms with Crippen LogP contribution in [0.4, 0.5) is 5.69 Å². The van der Waals surface area contributed by atoms with E-state index in [1.807, 2.05) is 48.5 Å². The van der Waals surface area contributed by atoms with E-state index >= 15 is 0 Å². The van der Waals surface area contributed by atoms with Gasteiger partial charge in [-0.05, 0) is 42.2 Å². The maximum Gasteiger partial charge on any atom is 0.223 e. The third-order valence-corrected chi connectivity index (χ3v) is 4.51. The Kier molecular flexibility index (Phi) is 7.67. The van der Waals surface area contributed by atoms with Gasteiger partial charge in [0.25, 0.3) is 0 Å². The van der Waals surface area contributed by atoms with Crippen LogP contribution in [0.15, 0.2) is 48.5 Å². The van der Waals surface area contributed by atoms with Crippen LogP contribution in [0.1, 0.15) is 31.4 Å². The molecule has 26 heavy (non-hydrogen) atoms. The fraction of sp³-hybridized carbons (Fsp3) is 0.333.